The van der Waals surface area contributed by atoms with E-state index in [1.165, 1.54) is 0 Å². The third-order valence-electron chi connectivity index (χ3n) is 4.41. The lowest BCUT2D eigenvalue weighted by Crippen LogP contribution is -2.43. The summed E-state index contributed by atoms with van der Waals surface area (Å²) in [6.45, 7) is 4.24. The van der Waals surface area contributed by atoms with Gasteiger partial charge in [-0.25, -0.2) is 4.79 Å². The van der Waals surface area contributed by atoms with Crippen LogP contribution in [0.3, 0.4) is 0 Å². The molecule has 2 heterocycles. The number of nitrogens with zero attached hydrogens (tertiary/aromatic N) is 4. The number of anilines is 1. The predicted molar refractivity (Wildman–Crippen MR) is 91.1 cm³/mol. The molecule has 1 aliphatic heterocycles. The predicted octanol–water partition coefficient (Wildman–Crippen LogP) is 2.54. The van der Waals surface area contributed by atoms with Crippen molar-refractivity contribution in [2.45, 2.75) is 26.3 Å². The van der Waals surface area contributed by atoms with Crippen molar-refractivity contribution < 1.29 is 9.53 Å². The van der Waals surface area contributed by atoms with Crippen LogP contribution in [-0.2, 0) is 6.54 Å². The van der Waals surface area contributed by atoms with Gasteiger partial charge in [0.2, 0.25) is 0 Å². The molecule has 1 saturated heterocycles. The zero-order valence-electron chi connectivity index (χ0n) is 14.1. The molecule has 0 spiro atoms. The van der Waals surface area contributed by atoms with Crippen LogP contribution >= 0.6 is 0 Å². The van der Waals surface area contributed by atoms with Crippen molar-refractivity contribution in [3.63, 3.8) is 0 Å². The van der Waals surface area contributed by atoms with Crippen LogP contribution in [0.1, 0.15) is 18.4 Å². The fourth-order valence-corrected chi connectivity index (χ4v) is 3.15. The third-order valence-corrected chi connectivity index (χ3v) is 4.41. The van der Waals surface area contributed by atoms with Crippen LogP contribution in [0.5, 0.6) is 5.75 Å². The van der Waals surface area contributed by atoms with Crippen LogP contribution in [0, 0.1) is 12.8 Å². The van der Waals surface area contributed by atoms with Gasteiger partial charge in [0.25, 0.3) is 0 Å². The molecule has 128 valence electrons. The van der Waals surface area contributed by atoms with E-state index in [1.807, 2.05) is 40.9 Å². The Morgan fingerprint density at radius 1 is 1.46 bits per heavy atom. The van der Waals surface area contributed by atoms with Gasteiger partial charge in [0.1, 0.15) is 5.75 Å². The maximum atomic E-state index is 12.7. The standard InChI is InChI=1S/C17H23N5O2/c1-13-5-3-7-15(24-2)16(13)19-17(23)21-9-4-6-14(11-21)12-22-10-8-18-20-22/h3,5,7-8,10,14H,4,6,9,11-12H2,1-2H3,(H,19,23). The number of amides is 2. The number of para-hydroxylation sites is 1. The van der Waals surface area contributed by atoms with E-state index >= 15 is 0 Å². The first-order valence-electron chi connectivity index (χ1n) is 8.21. The number of benzene rings is 1. The number of urea groups is 1. The first-order valence-corrected chi connectivity index (χ1v) is 8.21. The summed E-state index contributed by atoms with van der Waals surface area (Å²) in [6, 6.07) is 5.65. The summed E-state index contributed by atoms with van der Waals surface area (Å²) < 4.78 is 7.18. The highest BCUT2D eigenvalue weighted by Gasteiger charge is 2.25. The number of hydrogen-bond donors (Lipinski definition) is 1. The van der Waals surface area contributed by atoms with Gasteiger partial charge in [-0.2, -0.15) is 0 Å². The van der Waals surface area contributed by atoms with Crippen molar-refractivity contribution in [2.24, 2.45) is 5.92 Å². The molecular weight excluding hydrogens is 306 g/mol. The second-order valence-corrected chi connectivity index (χ2v) is 6.16. The molecule has 1 aromatic carbocycles. The normalized spacial score (nSPS) is 17.6. The lowest BCUT2D eigenvalue weighted by molar-refractivity contribution is 0.168. The molecule has 0 radical (unpaired) electrons. The molecule has 1 aliphatic rings. The number of methoxy groups -OCH3 is 1. The average Bonchev–Trinajstić information content (AvgIpc) is 3.10. The number of carbonyl (C=O) groups is 1. The highest BCUT2D eigenvalue weighted by atomic mass is 16.5. The summed E-state index contributed by atoms with van der Waals surface area (Å²) in [6.07, 6.45) is 5.63. The average molecular weight is 329 g/mol. The van der Waals surface area contributed by atoms with Gasteiger partial charge >= 0.3 is 6.03 Å². The Morgan fingerprint density at radius 2 is 2.33 bits per heavy atom. The van der Waals surface area contributed by atoms with Gasteiger partial charge in [-0.05, 0) is 37.3 Å². The summed E-state index contributed by atoms with van der Waals surface area (Å²) in [7, 11) is 1.61. The summed E-state index contributed by atoms with van der Waals surface area (Å²) >= 11 is 0. The van der Waals surface area contributed by atoms with E-state index in [4.69, 9.17) is 4.74 Å². The first kappa shape index (κ1) is 16.3. The fourth-order valence-electron chi connectivity index (χ4n) is 3.15. The van der Waals surface area contributed by atoms with Crippen molar-refractivity contribution in [3.8, 4) is 5.75 Å². The van der Waals surface area contributed by atoms with Gasteiger partial charge in [-0.1, -0.05) is 17.3 Å². The molecule has 1 atom stereocenters. The molecule has 0 aliphatic carbocycles. The number of rotatable bonds is 4. The largest absolute Gasteiger partial charge is 0.495 e. The summed E-state index contributed by atoms with van der Waals surface area (Å²) in [5, 5.41) is 10.9. The Hall–Kier alpha value is -2.57. The zero-order valence-corrected chi connectivity index (χ0v) is 14.1. The van der Waals surface area contributed by atoms with Crippen molar-refractivity contribution in [2.75, 3.05) is 25.5 Å². The van der Waals surface area contributed by atoms with E-state index in [1.54, 1.807) is 13.3 Å². The smallest absolute Gasteiger partial charge is 0.321 e. The Labute approximate surface area is 141 Å². The molecule has 1 fully saturated rings. The molecular formula is C17H23N5O2. The quantitative estimate of drug-likeness (QED) is 0.935. The van der Waals surface area contributed by atoms with E-state index in [9.17, 15) is 4.79 Å². The maximum absolute atomic E-state index is 12.7. The summed E-state index contributed by atoms with van der Waals surface area (Å²) in [5.41, 5.74) is 1.72. The molecule has 7 nitrogen and oxygen atoms in total. The van der Waals surface area contributed by atoms with E-state index in [2.05, 4.69) is 15.6 Å². The Balaban J connectivity index is 1.64. The lowest BCUT2D eigenvalue weighted by Gasteiger charge is -2.33. The number of hydrogen-bond acceptors (Lipinski definition) is 4. The molecule has 2 amide bonds. The molecule has 1 aromatic heterocycles. The van der Waals surface area contributed by atoms with Gasteiger partial charge in [0, 0.05) is 25.8 Å². The fraction of sp³-hybridized carbons (Fsp3) is 0.471. The van der Waals surface area contributed by atoms with Crippen LogP contribution in [0.2, 0.25) is 0 Å². The minimum absolute atomic E-state index is 0.0779. The van der Waals surface area contributed by atoms with Gasteiger partial charge < -0.3 is 15.0 Å². The van der Waals surface area contributed by atoms with Crippen molar-refractivity contribution in [3.05, 3.63) is 36.2 Å². The molecule has 1 unspecified atom stereocenters. The number of likely N-dealkylation sites (tertiary alicyclic amines) is 1. The molecule has 7 heteroatoms. The van der Waals surface area contributed by atoms with E-state index < -0.39 is 0 Å². The van der Waals surface area contributed by atoms with Crippen LogP contribution in [0.15, 0.2) is 30.6 Å². The molecule has 3 rings (SSSR count). The SMILES string of the molecule is COc1cccc(C)c1NC(=O)N1CCCC(Cn2ccnn2)C1. The number of aryl methyl sites for hydroxylation is 1. The number of piperidine rings is 1. The van der Waals surface area contributed by atoms with Gasteiger partial charge in [0.05, 0.1) is 19.0 Å². The number of ether oxygens (including phenoxy) is 1. The summed E-state index contributed by atoms with van der Waals surface area (Å²) in [4.78, 5) is 14.5. The van der Waals surface area contributed by atoms with Crippen molar-refractivity contribution in [1.82, 2.24) is 19.9 Å². The highest BCUT2D eigenvalue weighted by Crippen LogP contribution is 2.28. The molecule has 0 saturated carbocycles. The van der Waals surface area contributed by atoms with Crippen LogP contribution < -0.4 is 10.1 Å². The summed E-state index contributed by atoms with van der Waals surface area (Å²) in [5.74, 6) is 1.07. The molecule has 2 aromatic rings. The number of nitrogens with one attached hydrogen (secondary N) is 1. The zero-order chi connectivity index (χ0) is 16.9. The number of aromatic nitrogens is 3. The topological polar surface area (TPSA) is 72.3 Å². The third kappa shape index (κ3) is 3.67. The highest BCUT2D eigenvalue weighted by molar-refractivity contribution is 5.92. The van der Waals surface area contributed by atoms with E-state index in [0.717, 1.165) is 43.7 Å². The monoisotopic (exact) mass is 329 g/mol. The van der Waals surface area contributed by atoms with Crippen molar-refractivity contribution in [1.29, 1.82) is 0 Å². The molecule has 24 heavy (non-hydrogen) atoms. The van der Waals surface area contributed by atoms with E-state index in [0.29, 0.717) is 11.7 Å². The Morgan fingerprint density at radius 3 is 3.08 bits per heavy atom. The van der Waals surface area contributed by atoms with Crippen LogP contribution in [-0.4, -0.2) is 46.1 Å². The minimum atomic E-state index is -0.0779. The Kier molecular flexibility index (Phi) is 4.98. The lowest BCUT2D eigenvalue weighted by atomic mass is 9.98. The first-order chi connectivity index (χ1) is 11.7. The Bertz CT molecular complexity index is 686. The number of carbonyl (C=O) groups excluding carboxylic acids is 1. The minimum Gasteiger partial charge on any atom is -0.495 e. The second-order valence-electron chi connectivity index (χ2n) is 6.16. The van der Waals surface area contributed by atoms with Gasteiger partial charge in [0.15, 0.2) is 0 Å². The van der Waals surface area contributed by atoms with E-state index in [-0.39, 0.29) is 6.03 Å². The molecule has 1 N–H and O–H groups in total. The van der Waals surface area contributed by atoms with Crippen molar-refractivity contribution >= 4 is 11.7 Å². The van der Waals surface area contributed by atoms with Gasteiger partial charge in [-0.3, -0.25) is 4.68 Å². The maximum Gasteiger partial charge on any atom is 0.321 e. The molecule has 0 bridgehead atoms. The van der Waals surface area contributed by atoms with Gasteiger partial charge in [-0.15, -0.1) is 5.10 Å². The van der Waals surface area contributed by atoms with Crippen LogP contribution in [0.25, 0.3) is 0 Å². The second kappa shape index (κ2) is 7.33. The van der Waals surface area contributed by atoms with Crippen LogP contribution in [0.4, 0.5) is 10.5 Å².